The first-order valence-corrected chi connectivity index (χ1v) is 6.44. The molecule has 0 amide bonds. The number of hydrogen-bond donors (Lipinski definition) is 1. The number of carbonyl (C=O) groups is 1. The van der Waals surface area contributed by atoms with Crippen molar-refractivity contribution >= 4 is 40.9 Å². The van der Waals surface area contributed by atoms with Crippen molar-refractivity contribution in [3.8, 4) is 0 Å². The maximum absolute atomic E-state index is 12.6. The summed E-state index contributed by atoms with van der Waals surface area (Å²) >= 11 is 6.24. The number of halogens is 1. The van der Waals surface area contributed by atoms with Crippen LogP contribution in [0.15, 0.2) is 35.8 Å². The summed E-state index contributed by atoms with van der Waals surface area (Å²) in [6, 6.07) is 7.34. The summed E-state index contributed by atoms with van der Waals surface area (Å²) in [5.41, 5.74) is 6.90. The lowest BCUT2D eigenvalue weighted by molar-refractivity contribution is -0.121. The molecule has 1 aromatic rings. The van der Waals surface area contributed by atoms with E-state index in [1.54, 1.807) is 6.07 Å². The van der Waals surface area contributed by atoms with Crippen molar-refractivity contribution in [1.29, 1.82) is 0 Å². The summed E-state index contributed by atoms with van der Waals surface area (Å²) in [5.74, 6) is -0.0353. The Morgan fingerprint density at radius 2 is 1.89 bits per heavy atom. The van der Waals surface area contributed by atoms with Crippen LogP contribution in [-0.2, 0) is 10.3 Å². The molecule has 6 heteroatoms. The molecule has 2 nitrogen and oxygen atoms in total. The van der Waals surface area contributed by atoms with E-state index in [0.29, 0.717) is 10.6 Å². The van der Waals surface area contributed by atoms with Crippen LogP contribution in [0.4, 0.5) is 0 Å². The number of carbonyl (C=O) groups excluding carboxylic acids is 1. The first kappa shape index (κ1) is 13.5. The summed E-state index contributed by atoms with van der Waals surface area (Å²) in [6.07, 6.45) is 2.73. The van der Waals surface area contributed by atoms with Crippen molar-refractivity contribution in [2.75, 3.05) is 0 Å². The first-order valence-electron chi connectivity index (χ1n) is 6.06. The van der Waals surface area contributed by atoms with Crippen LogP contribution in [0.3, 0.4) is 0 Å². The van der Waals surface area contributed by atoms with E-state index >= 15 is 0 Å². The largest absolute Gasteiger partial charge is 0.316 e. The van der Waals surface area contributed by atoms with Crippen molar-refractivity contribution in [3.05, 3.63) is 46.4 Å². The van der Waals surface area contributed by atoms with Crippen LogP contribution in [0.1, 0.15) is 12.0 Å². The Hall–Kier alpha value is -0.925. The minimum absolute atomic E-state index is 0.0353. The van der Waals surface area contributed by atoms with Crippen molar-refractivity contribution in [3.63, 3.8) is 0 Å². The molecule has 2 N–H and O–H groups in total. The second-order valence-corrected chi connectivity index (χ2v) is 6.00. The molecule has 0 fully saturated rings. The van der Waals surface area contributed by atoms with Crippen molar-refractivity contribution in [1.82, 2.24) is 0 Å². The van der Waals surface area contributed by atoms with Gasteiger partial charge in [0.1, 0.15) is 23.5 Å². The van der Waals surface area contributed by atoms with E-state index in [-0.39, 0.29) is 11.0 Å². The average molecular weight is 257 g/mol. The van der Waals surface area contributed by atoms with Gasteiger partial charge in [-0.1, -0.05) is 41.1 Å². The van der Waals surface area contributed by atoms with Gasteiger partial charge in [0.2, 0.25) is 0 Å². The molecular formula is C12H15B3ClNO. The lowest BCUT2D eigenvalue weighted by Crippen LogP contribution is -2.57. The maximum atomic E-state index is 12.6. The predicted molar refractivity (Wildman–Crippen MR) is 83.3 cm³/mol. The quantitative estimate of drug-likeness (QED) is 0.680. The Balaban J connectivity index is 2.68. The van der Waals surface area contributed by atoms with E-state index < -0.39 is 5.54 Å². The zero-order valence-corrected chi connectivity index (χ0v) is 11.7. The van der Waals surface area contributed by atoms with Crippen LogP contribution in [0.25, 0.3) is 0 Å². The zero-order valence-electron chi connectivity index (χ0n) is 11.0. The fourth-order valence-corrected chi connectivity index (χ4v) is 2.83. The van der Waals surface area contributed by atoms with Gasteiger partial charge in [-0.05, 0) is 23.5 Å². The van der Waals surface area contributed by atoms with Crippen LogP contribution in [0.2, 0.25) is 10.2 Å². The highest BCUT2D eigenvalue weighted by molar-refractivity contribution is 6.48. The van der Waals surface area contributed by atoms with Gasteiger partial charge in [-0.3, -0.25) is 4.79 Å². The normalized spacial score (nSPS) is 26.8. The van der Waals surface area contributed by atoms with Gasteiger partial charge >= 0.3 is 0 Å². The Kier molecular flexibility index (Phi) is 3.24. The van der Waals surface area contributed by atoms with Crippen LogP contribution in [0, 0.1) is 0 Å². The molecule has 90 valence electrons. The highest BCUT2D eigenvalue weighted by Gasteiger charge is 2.51. The van der Waals surface area contributed by atoms with Gasteiger partial charge in [-0.15, -0.1) is 0 Å². The summed E-state index contributed by atoms with van der Waals surface area (Å²) in [4.78, 5) is 12.6. The Bertz CT molecular complexity index is 544. The molecular weight excluding hydrogens is 242 g/mol. The smallest absolute Gasteiger partial charge is 0.172 e. The number of nitrogens with two attached hydrogens (primary N) is 1. The van der Waals surface area contributed by atoms with Gasteiger partial charge in [0.15, 0.2) is 5.78 Å². The summed E-state index contributed by atoms with van der Waals surface area (Å²) < 4.78 is 0. The highest BCUT2D eigenvalue weighted by atomic mass is 35.5. The third-order valence-electron chi connectivity index (χ3n) is 4.00. The molecule has 18 heavy (non-hydrogen) atoms. The molecule has 1 aromatic carbocycles. The molecule has 0 radical (unpaired) electrons. The Morgan fingerprint density at radius 3 is 2.50 bits per heavy atom. The van der Waals surface area contributed by atoms with E-state index in [9.17, 15) is 4.79 Å². The maximum Gasteiger partial charge on any atom is 0.172 e. The van der Waals surface area contributed by atoms with Gasteiger partial charge in [-0.25, -0.2) is 0 Å². The average Bonchev–Trinajstić information content (AvgIpc) is 2.33. The Morgan fingerprint density at radius 1 is 1.28 bits per heavy atom. The molecule has 2 rings (SSSR count). The van der Waals surface area contributed by atoms with Crippen LogP contribution < -0.4 is 5.73 Å². The van der Waals surface area contributed by atoms with E-state index in [1.807, 2.05) is 47.8 Å². The second-order valence-electron chi connectivity index (χ2n) is 5.59. The monoisotopic (exact) mass is 257 g/mol. The summed E-state index contributed by atoms with van der Waals surface area (Å²) in [5, 5.41) is 0.199. The molecule has 1 aliphatic rings. The molecule has 0 saturated heterocycles. The van der Waals surface area contributed by atoms with Crippen LogP contribution in [0.5, 0.6) is 0 Å². The van der Waals surface area contributed by atoms with E-state index in [0.717, 1.165) is 11.9 Å². The number of rotatable bonds is 1. The first-order chi connectivity index (χ1) is 8.30. The minimum atomic E-state index is -1.05. The zero-order chi connectivity index (χ0) is 13.6. The molecule has 0 heterocycles. The van der Waals surface area contributed by atoms with Gasteiger partial charge < -0.3 is 5.73 Å². The minimum Gasteiger partial charge on any atom is -0.316 e. The molecule has 0 aromatic heterocycles. The van der Waals surface area contributed by atoms with Crippen molar-refractivity contribution in [2.45, 2.75) is 17.2 Å². The van der Waals surface area contributed by atoms with E-state index in [2.05, 4.69) is 0 Å². The number of hydrogen-bond acceptors (Lipinski definition) is 2. The number of benzene rings is 1. The van der Waals surface area contributed by atoms with Crippen LogP contribution >= 0.6 is 11.6 Å². The van der Waals surface area contributed by atoms with Gasteiger partial charge in [-0.2, -0.15) is 0 Å². The third-order valence-corrected chi connectivity index (χ3v) is 4.33. The predicted octanol–water partition coefficient (Wildman–Crippen LogP) is -0.634. The van der Waals surface area contributed by atoms with Crippen molar-refractivity contribution in [2.24, 2.45) is 5.73 Å². The molecule has 0 saturated carbocycles. The standard InChI is InChI=1S/C12H15B3ClNO/c13-8-5-6-11(14,15)12(17,10(8)18)7-3-1-2-4-9(7)16/h1-5H,6,13-15,17H2. The molecule has 1 aliphatic carbocycles. The van der Waals surface area contributed by atoms with E-state index in [1.165, 1.54) is 0 Å². The molecule has 1 unspecified atom stereocenters. The lowest BCUT2D eigenvalue weighted by atomic mass is 9.39. The summed E-state index contributed by atoms with van der Waals surface area (Å²) in [6.45, 7) is 0. The van der Waals surface area contributed by atoms with Gasteiger partial charge in [0.25, 0.3) is 0 Å². The van der Waals surface area contributed by atoms with Gasteiger partial charge in [0, 0.05) is 5.02 Å². The van der Waals surface area contributed by atoms with Crippen LogP contribution in [-0.4, -0.2) is 29.3 Å². The summed E-state index contributed by atoms with van der Waals surface area (Å²) in [7, 11) is 5.84. The van der Waals surface area contributed by atoms with E-state index in [4.69, 9.17) is 17.3 Å². The fraction of sp³-hybridized carbons (Fsp3) is 0.250. The highest BCUT2D eigenvalue weighted by Crippen LogP contribution is 2.48. The molecule has 0 aliphatic heterocycles. The number of Topliss-reactive ketones (excluding diaryl/α,β-unsaturated/α-hetero) is 1. The lowest BCUT2D eigenvalue weighted by Gasteiger charge is -2.46. The SMILES string of the molecule is BC1=CCC(B)(B)C(N)(c2ccccc2Cl)C1=O. The molecule has 0 bridgehead atoms. The molecule has 1 atom stereocenters. The Labute approximate surface area is 115 Å². The van der Waals surface area contributed by atoms with Crippen molar-refractivity contribution < 1.29 is 4.79 Å². The van der Waals surface area contributed by atoms with Gasteiger partial charge in [0.05, 0.1) is 5.54 Å². The fourth-order valence-electron chi connectivity index (χ4n) is 2.55. The second kappa shape index (κ2) is 4.32. The number of allylic oxidation sites excluding steroid dienone is 1. The molecule has 0 spiro atoms. The third kappa shape index (κ3) is 1.77. The number of ketones is 1. The topological polar surface area (TPSA) is 43.1 Å².